The predicted octanol–water partition coefficient (Wildman–Crippen LogP) is 1.98. The molecule has 12 heavy (non-hydrogen) atoms. The highest BCUT2D eigenvalue weighted by Gasteiger charge is 1.99. The molecule has 1 rings (SSSR count). The molecular formula is C7H11ClN2OS. The van der Waals surface area contributed by atoms with Gasteiger partial charge in [0.2, 0.25) is 0 Å². The molecule has 5 heteroatoms. The van der Waals surface area contributed by atoms with Crippen molar-refractivity contribution in [1.82, 2.24) is 4.98 Å². The van der Waals surface area contributed by atoms with Crippen LogP contribution in [-0.2, 0) is 0 Å². The maximum atomic E-state index is 8.95. The number of halogens is 1. The van der Waals surface area contributed by atoms with Gasteiger partial charge in [-0.1, -0.05) is 11.6 Å². The van der Waals surface area contributed by atoms with Crippen LogP contribution in [0.5, 0.6) is 0 Å². The summed E-state index contributed by atoms with van der Waals surface area (Å²) in [7, 11) is 0. The Hall–Kier alpha value is -0.320. The average molecular weight is 207 g/mol. The van der Waals surface area contributed by atoms with Gasteiger partial charge in [0, 0.05) is 11.9 Å². The monoisotopic (exact) mass is 206 g/mol. The normalized spacial score (nSPS) is 12.9. The minimum atomic E-state index is -0.272. The Balaban J connectivity index is 2.24. The molecule has 1 heterocycles. The van der Waals surface area contributed by atoms with Crippen molar-refractivity contribution in [3.8, 4) is 0 Å². The first kappa shape index (κ1) is 9.77. The van der Waals surface area contributed by atoms with Crippen LogP contribution in [0.15, 0.2) is 5.38 Å². The summed E-state index contributed by atoms with van der Waals surface area (Å²) >= 11 is 7.01. The lowest BCUT2D eigenvalue weighted by Gasteiger charge is -2.04. The van der Waals surface area contributed by atoms with E-state index >= 15 is 0 Å². The summed E-state index contributed by atoms with van der Waals surface area (Å²) in [6.45, 7) is 2.48. The van der Waals surface area contributed by atoms with E-state index in [2.05, 4.69) is 10.3 Å². The number of rotatable bonds is 4. The summed E-state index contributed by atoms with van der Waals surface area (Å²) < 4.78 is 0.537. The molecular weight excluding hydrogens is 196 g/mol. The maximum Gasteiger partial charge on any atom is 0.185 e. The van der Waals surface area contributed by atoms with Gasteiger partial charge in [-0.3, -0.25) is 0 Å². The van der Waals surface area contributed by atoms with Gasteiger partial charge in [-0.2, -0.15) is 0 Å². The van der Waals surface area contributed by atoms with Crippen molar-refractivity contribution < 1.29 is 5.11 Å². The number of nitrogens with zero attached hydrogens (tertiary/aromatic N) is 1. The molecule has 0 radical (unpaired) electrons. The Morgan fingerprint density at radius 2 is 2.58 bits per heavy atom. The molecule has 0 aliphatic heterocycles. The highest BCUT2D eigenvalue weighted by Crippen LogP contribution is 2.18. The molecule has 0 aliphatic rings. The first-order chi connectivity index (χ1) is 5.68. The molecule has 0 spiro atoms. The average Bonchev–Trinajstić information content (AvgIpc) is 2.35. The summed E-state index contributed by atoms with van der Waals surface area (Å²) in [5, 5.41) is 13.9. The van der Waals surface area contributed by atoms with Crippen molar-refractivity contribution >= 4 is 28.8 Å². The van der Waals surface area contributed by atoms with E-state index < -0.39 is 0 Å². The van der Waals surface area contributed by atoms with E-state index in [1.165, 1.54) is 11.3 Å². The molecule has 68 valence electrons. The minimum Gasteiger partial charge on any atom is -0.393 e. The number of aromatic nitrogens is 1. The quantitative estimate of drug-likeness (QED) is 0.792. The van der Waals surface area contributed by atoms with Crippen molar-refractivity contribution in [2.75, 3.05) is 11.9 Å². The fourth-order valence-electron chi connectivity index (χ4n) is 0.742. The van der Waals surface area contributed by atoms with Crippen LogP contribution in [0.1, 0.15) is 13.3 Å². The lowest BCUT2D eigenvalue weighted by molar-refractivity contribution is 0.188. The minimum absolute atomic E-state index is 0.272. The zero-order chi connectivity index (χ0) is 8.97. The standard InChI is InChI=1S/C7H11ClN2OS/c1-5(11)2-3-9-6-4-12-7(8)10-6/h4-5,9,11H,2-3H2,1H3/t5-/m0/s1. The van der Waals surface area contributed by atoms with Crippen molar-refractivity contribution in [3.63, 3.8) is 0 Å². The summed E-state index contributed by atoms with van der Waals surface area (Å²) in [5.41, 5.74) is 0. The fourth-order valence-corrected chi connectivity index (χ4v) is 1.46. The Bertz CT molecular complexity index is 239. The number of hydrogen-bond donors (Lipinski definition) is 2. The van der Waals surface area contributed by atoms with Gasteiger partial charge in [0.05, 0.1) is 6.10 Å². The smallest absolute Gasteiger partial charge is 0.185 e. The number of nitrogens with one attached hydrogen (secondary N) is 1. The van der Waals surface area contributed by atoms with Gasteiger partial charge in [-0.15, -0.1) is 11.3 Å². The number of aliphatic hydroxyl groups is 1. The molecule has 0 unspecified atom stereocenters. The highest BCUT2D eigenvalue weighted by atomic mass is 35.5. The fraction of sp³-hybridized carbons (Fsp3) is 0.571. The number of anilines is 1. The van der Waals surface area contributed by atoms with E-state index in [9.17, 15) is 0 Å². The Labute approximate surface area is 80.4 Å². The van der Waals surface area contributed by atoms with Crippen LogP contribution >= 0.6 is 22.9 Å². The van der Waals surface area contributed by atoms with E-state index in [1.807, 2.05) is 5.38 Å². The predicted molar refractivity (Wildman–Crippen MR) is 51.9 cm³/mol. The van der Waals surface area contributed by atoms with Crippen LogP contribution in [0.4, 0.5) is 5.82 Å². The first-order valence-corrected chi connectivity index (χ1v) is 4.97. The van der Waals surface area contributed by atoms with Crippen LogP contribution in [-0.4, -0.2) is 22.7 Å². The van der Waals surface area contributed by atoms with Crippen LogP contribution in [0.2, 0.25) is 4.47 Å². The summed E-state index contributed by atoms with van der Waals surface area (Å²) in [4.78, 5) is 4.00. The second kappa shape index (κ2) is 4.64. The molecule has 0 saturated heterocycles. The summed E-state index contributed by atoms with van der Waals surface area (Å²) in [5.74, 6) is 0.783. The molecule has 1 aromatic rings. The summed E-state index contributed by atoms with van der Waals surface area (Å²) in [6, 6.07) is 0. The second-order valence-corrected chi connectivity index (χ2v) is 3.99. The van der Waals surface area contributed by atoms with Crippen LogP contribution in [0.3, 0.4) is 0 Å². The Morgan fingerprint density at radius 1 is 1.83 bits per heavy atom. The molecule has 1 aromatic heterocycles. The SMILES string of the molecule is C[C@H](O)CCNc1csc(Cl)n1. The lowest BCUT2D eigenvalue weighted by Crippen LogP contribution is -2.09. The highest BCUT2D eigenvalue weighted by molar-refractivity contribution is 7.14. The van der Waals surface area contributed by atoms with Gasteiger partial charge in [0.25, 0.3) is 0 Å². The van der Waals surface area contributed by atoms with Gasteiger partial charge in [-0.25, -0.2) is 4.98 Å². The summed E-state index contributed by atoms with van der Waals surface area (Å²) in [6.07, 6.45) is 0.446. The van der Waals surface area contributed by atoms with Crippen molar-refractivity contribution in [2.45, 2.75) is 19.4 Å². The van der Waals surface area contributed by atoms with Gasteiger partial charge in [0.15, 0.2) is 4.47 Å². The molecule has 0 saturated carbocycles. The third-order valence-corrected chi connectivity index (χ3v) is 2.32. The van der Waals surface area contributed by atoms with E-state index in [1.54, 1.807) is 6.92 Å². The molecule has 1 atom stereocenters. The molecule has 3 nitrogen and oxygen atoms in total. The van der Waals surface area contributed by atoms with Crippen molar-refractivity contribution in [3.05, 3.63) is 9.85 Å². The zero-order valence-corrected chi connectivity index (χ0v) is 8.32. The number of thiazole rings is 1. The number of aliphatic hydroxyl groups excluding tert-OH is 1. The van der Waals surface area contributed by atoms with Crippen LogP contribution < -0.4 is 5.32 Å². The molecule has 0 fully saturated rings. The Kier molecular flexibility index (Phi) is 3.78. The van der Waals surface area contributed by atoms with E-state index in [4.69, 9.17) is 16.7 Å². The van der Waals surface area contributed by atoms with Crippen LogP contribution in [0.25, 0.3) is 0 Å². The first-order valence-electron chi connectivity index (χ1n) is 3.71. The second-order valence-electron chi connectivity index (χ2n) is 2.55. The number of hydrogen-bond acceptors (Lipinski definition) is 4. The Morgan fingerprint density at radius 3 is 3.08 bits per heavy atom. The third-order valence-electron chi connectivity index (χ3n) is 1.34. The molecule has 0 aliphatic carbocycles. The van der Waals surface area contributed by atoms with E-state index in [-0.39, 0.29) is 6.10 Å². The van der Waals surface area contributed by atoms with Gasteiger partial charge < -0.3 is 10.4 Å². The van der Waals surface area contributed by atoms with Crippen molar-refractivity contribution in [2.24, 2.45) is 0 Å². The topological polar surface area (TPSA) is 45.1 Å². The van der Waals surface area contributed by atoms with E-state index in [0.29, 0.717) is 4.47 Å². The molecule has 0 bridgehead atoms. The lowest BCUT2D eigenvalue weighted by atomic mass is 10.3. The molecule has 0 aromatic carbocycles. The van der Waals surface area contributed by atoms with Crippen molar-refractivity contribution in [1.29, 1.82) is 0 Å². The molecule has 0 amide bonds. The molecule has 2 N–H and O–H groups in total. The maximum absolute atomic E-state index is 8.95. The van der Waals surface area contributed by atoms with Gasteiger partial charge in [-0.05, 0) is 13.3 Å². The van der Waals surface area contributed by atoms with Crippen LogP contribution in [0, 0.1) is 0 Å². The third kappa shape index (κ3) is 3.38. The van der Waals surface area contributed by atoms with Gasteiger partial charge >= 0.3 is 0 Å². The van der Waals surface area contributed by atoms with Gasteiger partial charge in [0.1, 0.15) is 5.82 Å². The zero-order valence-electron chi connectivity index (χ0n) is 6.75. The largest absolute Gasteiger partial charge is 0.393 e. The van der Waals surface area contributed by atoms with E-state index in [0.717, 1.165) is 18.8 Å².